The van der Waals surface area contributed by atoms with Gasteiger partial charge in [0.15, 0.2) is 5.65 Å². The molecule has 41 heavy (non-hydrogen) atoms. The highest BCUT2D eigenvalue weighted by Crippen LogP contribution is 2.33. The molecule has 1 atom stereocenters. The summed E-state index contributed by atoms with van der Waals surface area (Å²) in [6.45, 7) is 1.93. The fourth-order valence-corrected chi connectivity index (χ4v) is 5.48. The number of hydrogen-bond donors (Lipinski definition) is 2. The molecule has 214 valence electrons. The molecule has 5 rings (SSSR count). The zero-order chi connectivity index (χ0) is 29.0. The fourth-order valence-electron chi connectivity index (χ4n) is 5.48. The second kappa shape index (κ2) is 11.8. The van der Waals surface area contributed by atoms with Gasteiger partial charge < -0.3 is 11.1 Å². The lowest BCUT2D eigenvalue weighted by Gasteiger charge is -2.23. The average molecular weight is 563 g/mol. The molecule has 3 N–H and O–H groups in total. The number of alkyl halides is 3. The van der Waals surface area contributed by atoms with Crippen molar-refractivity contribution in [2.75, 3.05) is 5.73 Å². The number of benzene rings is 1. The van der Waals surface area contributed by atoms with Gasteiger partial charge in [0.25, 0.3) is 5.91 Å². The molecule has 2 aliphatic rings. The van der Waals surface area contributed by atoms with Gasteiger partial charge in [-0.1, -0.05) is 56.6 Å². The number of carbonyl (C=O) groups is 1. The fraction of sp³-hybridized carbons (Fsp3) is 0.419. The molecule has 0 bridgehead atoms. The molecule has 3 aromatic rings. The third-order valence-corrected chi connectivity index (χ3v) is 7.68. The van der Waals surface area contributed by atoms with Crippen molar-refractivity contribution in [1.82, 2.24) is 25.1 Å². The first-order chi connectivity index (χ1) is 19.6. The van der Waals surface area contributed by atoms with Gasteiger partial charge in [0.2, 0.25) is 0 Å². The van der Waals surface area contributed by atoms with E-state index in [0.717, 1.165) is 37.8 Å². The van der Waals surface area contributed by atoms with Crippen molar-refractivity contribution in [2.45, 2.75) is 76.9 Å². The van der Waals surface area contributed by atoms with Gasteiger partial charge in [0, 0.05) is 11.3 Å². The van der Waals surface area contributed by atoms with Crippen molar-refractivity contribution in [3.8, 4) is 11.8 Å². The molecule has 1 amide bonds. The van der Waals surface area contributed by atoms with Gasteiger partial charge in [-0.15, -0.1) is 0 Å². The number of nitrogens with zero attached hydrogens (tertiary/aromatic N) is 4. The molecular weight excluding hydrogens is 529 g/mol. The average Bonchev–Trinajstić information content (AvgIpc) is 3.37. The minimum atomic E-state index is -4.53. The number of rotatable bonds is 3. The summed E-state index contributed by atoms with van der Waals surface area (Å²) in [5.74, 6) is 6.19. The zero-order valence-corrected chi connectivity index (χ0v) is 23.0. The normalized spacial score (nSPS) is 20.3. The first-order valence-corrected chi connectivity index (χ1v) is 14.0. The molecule has 1 fully saturated rings. The first-order valence-electron chi connectivity index (χ1n) is 14.0. The van der Waals surface area contributed by atoms with Crippen molar-refractivity contribution in [1.29, 1.82) is 0 Å². The number of carbonyl (C=O) groups excluding carboxylic acids is 1. The number of halogens is 3. The van der Waals surface area contributed by atoms with Crippen molar-refractivity contribution >= 4 is 22.8 Å². The number of aromatic nitrogens is 4. The van der Waals surface area contributed by atoms with E-state index in [0.29, 0.717) is 34.7 Å². The minimum absolute atomic E-state index is 0.0788. The molecule has 10 heteroatoms. The Kier molecular flexibility index (Phi) is 8.15. The van der Waals surface area contributed by atoms with Crippen LogP contribution in [-0.2, 0) is 6.18 Å². The van der Waals surface area contributed by atoms with E-state index in [4.69, 9.17) is 10.8 Å². The Morgan fingerprint density at radius 3 is 2.59 bits per heavy atom. The number of nitrogen functional groups attached to an aromatic ring is 1. The molecule has 2 aromatic heterocycles. The van der Waals surface area contributed by atoms with E-state index in [-0.39, 0.29) is 11.6 Å². The highest BCUT2D eigenvalue weighted by molar-refractivity contribution is 5.95. The topological polar surface area (TPSA) is 98.7 Å². The van der Waals surface area contributed by atoms with Crippen LogP contribution in [0.25, 0.3) is 11.0 Å². The largest absolute Gasteiger partial charge is 0.416 e. The van der Waals surface area contributed by atoms with Crippen LogP contribution in [0.5, 0.6) is 0 Å². The second-order valence-corrected chi connectivity index (χ2v) is 11.0. The SMILES string of the molecule is CC1(C#Cc2nn(C3CCCCCCCC3)c3ncnc(N)c23)C=C(NC(=O)c2cccc(C(F)(F)F)c2)C=CC1. The highest BCUT2D eigenvalue weighted by atomic mass is 19.4. The number of allylic oxidation sites excluding steroid dienone is 3. The maximum atomic E-state index is 13.1. The van der Waals surface area contributed by atoms with Crippen LogP contribution in [0.2, 0.25) is 0 Å². The Hall–Kier alpha value is -4.13. The Balaban J connectivity index is 1.41. The first kappa shape index (κ1) is 28.4. The van der Waals surface area contributed by atoms with E-state index in [1.165, 1.54) is 44.1 Å². The lowest BCUT2D eigenvalue weighted by atomic mass is 9.83. The van der Waals surface area contributed by atoms with E-state index >= 15 is 0 Å². The Labute approximate surface area is 237 Å². The van der Waals surface area contributed by atoms with Crippen LogP contribution in [0, 0.1) is 17.3 Å². The third kappa shape index (κ3) is 6.62. The van der Waals surface area contributed by atoms with Crippen molar-refractivity contribution in [3.05, 3.63) is 71.3 Å². The lowest BCUT2D eigenvalue weighted by molar-refractivity contribution is -0.137. The Bertz CT molecular complexity index is 1550. The van der Waals surface area contributed by atoms with Crippen molar-refractivity contribution < 1.29 is 18.0 Å². The Morgan fingerprint density at radius 2 is 1.85 bits per heavy atom. The summed E-state index contributed by atoms with van der Waals surface area (Å²) in [5.41, 5.74) is 6.31. The minimum Gasteiger partial charge on any atom is -0.383 e. The molecule has 0 saturated heterocycles. The highest BCUT2D eigenvalue weighted by Gasteiger charge is 2.31. The smallest absolute Gasteiger partial charge is 0.383 e. The molecule has 2 aliphatic carbocycles. The summed E-state index contributed by atoms with van der Waals surface area (Å²) in [7, 11) is 0. The maximum Gasteiger partial charge on any atom is 0.416 e. The van der Waals surface area contributed by atoms with E-state index in [9.17, 15) is 18.0 Å². The van der Waals surface area contributed by atoms with Crippen molar-refractivity contribution in [3.63, 3.8) is 0 Å². The molecular formula is C31H33F3N6O. The van der Waals surface area contributed by atoms with Crippen LogP contribution in [0.15, 0.2) is 54.5 Å². The molecule has 2 heterocycles. The molecule has 0 radical (unpaired) electrons. The van der Waals surface area contributed by atoms with E-state index in [1.54, 1.807) is 6.08 Å². The third-order valence-electron chi connectivity index (χ3n) is 7.68. The molecule has 0 spiro atoms. The zero-order valence-electron chi connectivity index (χ0n) is 23.0. The van der Waals surface area contributed by atoms with Gasteiger partial charge in [-0.2, -0.15) is 18.3 Å². The number of amides is 1. The summed E-state index contributed by atoms with van der Waals surface area (Å²) >= 11 is 0. The van der Waals surface area contributed by atoms with Gasteiger partial charge in [-0.3, -0.25) is 4.79 Å². The number of anilines is 1. The van der Waals surface area contributed by atoms with Gasteiger partial charge in [-0.05, 0) is 62.5 Å². The quantitative estimate of drug-likeness (QED) is 0.345. The van der Waals surface area contributed by atoms with Crippen molar-refractivity contribution in [2.24, 2.45) is 5.41 Å². The molecule has 7 nitrogen and oxygen atoms in total. The standard InChI is InChI=1S/C31H33F3N6O/c1-30(16-9-12-23(19-30)38-29(41)21-10-8-11-22(18-21)31(32,33)34)17-15-25-26-27(35)36-20-37-28(26)40(39-25)24-13-6-4-2-3-5-7-14-24/h8-12,18-20,24H,2-7,13-14,16H2,1H3,(H,38,41)(H2,35,36,37). The summed E-state index contributed by atoms with van der Waals surface area (Å²) in [6, 6.07) is 4.56. The second-order valence-electron chi connectivity index (χ2n) is 11.0. The summed E-state index contributed by atoms with van der Waals surface area (Å²) < 4.78 is 41.3. The maximum absolute atomic E-state index is 13.1. The molecule has 1 unspecified atom stereocenters. The summed E-state index contributed by atoms with van der Waals surface area (Å²) in [4.78, 5) is 21.5. The molecule has 0 aliphatic heterocycles. The van der Waals surface area contributed by atoms with Crippen LogP contribution in [-0.4, -0.2) is 25.7 Å². The predicted molar refractivity (Wildman–Crippen MR) is 151 cm³/mol. The van der Waals surface area contributed by atoms with E-state index < -0.39 is 23.1 Å². The Morgan fingerprint density at radius 1 is 1.12 bits per heavy atom. The predicted octanol–water partition coefficient (Wildman–Crippen LogP) is 6.73. The van der Waals surface area contributed by atoms with Gasteiger partial charge in [0.1, 0.15) is 17.8 Å². The van der Waals surface area contributed by atoms with Crippen LogP contribution in [0.4, 0.5) is 19.0 Å². The van der Waals surface area contributed by atoms with E-state index in [1.807, 2.05) is 23.8 Å². The number of fused-ring (bicyclic) bond motifs is 1. The van der Waals surface area contributed by atoms with E-state index in [2.05, 4.69) is 27.1 Å². The molecule has 1 aromatic carbocycles. The van der Waals surface area contributed by atoms with Crippen LogP contribution in [0.1, 0.15) is 92.4 Å². The number of nitrogens with two attached hydrogens (primary N) is 1. The monoisotopic (exact) mass is 562 g/mol. The number of nitrogens with one attached hydrogen (secondary N) is 1. The van der Waals surface area contributed by atoms with Gasteiger partial charge >= 0.3 is 6.18 Å². The summed E-state index contributed by atoms with van der Waals surface area (Å²) in [6.07, 6.45) is 12.2. The van der Waals surface area contributed by atoms with Crippen LogP contribution < -0.4 is 11.1 Å². The van der Waals surface area contributed by atoms with Gasteiger partial charge in [-0.25, -0.2) is 14.6 Å². The van der Waals surface area contributed by atoms with Crippen LogP contribution in [0.3, 0.4) is 0 Å². The summed E-state index contributed by atoms with van der Waals surface area (Å²) in [5, 5.41) is 8.23. The molecule has 1 saturated carbocycles. The number of hydrogen-bond acceptors (Lipinski definition) is 5. The van der Waals surface area contributed by atoms with Crippen LogP contribution >= 0.6 is 0 Å². The lowest BCUT2D eigenvalue weighted by Crippen LogP contribution is -2.26. The van der Waals surface area contributed by atoms with Gasteiger partial charge in [0.05, 0.1) is 22.4 Å².